The SMILES string of the molecule is O=C(COC(=O)C1(c2ccccc2)CC1)NNC(=O)c1ccc([N+](=O)[O-])cc1. The molecular formula is C19H17N3O6. The van der Waals surface area contributed by atoms with Crippen molar-refractivity contribution in [2.75, 3.05) is 6.61 Å². The van der Waals surface area contributed by atoms with Crippen LogP contribution in [0, 0.1) is 10.1 Å². The second kappa shape index (κ2) is 7.87. The molecule has 0 aromatic heterocycles. The number of nitrogens with zero attached hydrogens (tertiary/aromatic N) is 1. The molecule has 0 unspecified atom stereocenters. The van der Waals surface area contributed by atoms with Crippen molar-refractivity contribution in [1.29, 1.82) is 0 Å². The predicted molar refractivity (Wildman–Crippen MR) is 97.0 cm³/mol. The average Bonchev–Trinajstić information content (AvgIpc) is 3.53. The van der Waals surface area contributed by atoms with Crippen LogP contribution in [0.5, 0.6) is 0 Å². The molecule has 0 heterocycles. The van der Waals surface area contributed by atoms with Crippen molar-refractivity contribution in [3.05, 3.63) is 75.8 Å². The fraction of sp³-hybridized carbons (Fsp3) is 0.211. The van der Waals surface area contributed by atoms with Crippen molar-refractivity contribution < 1.29 is 24.0 Å². The van der Waals surface area contributed by atoms with E-state index in [4.69, 9.17) is 4.74 Å². The van der Waals surface area contributed by atoms with Crippen molar-refractivity contribution in [2.24, 2.45) is 0 Å². The van der Waals surface area contributed by atoms with Crippen LogP contribution in [0.1, 0.15) is 28.8 Å². The van der Waals surface area contributed by atoms with Gasteiger partial charge in [0.2, 0.25) is 0 Å². The second-order valence-corrected chi connectivity index (χ2v) is 6.33. The van der Waals surface area contributed by atoms with Gasteiger partial charge in [0.15, 0.2) is 6.61 Å². The van der Waals surface area contributed by atoms with E-state index in [2.05, 4.69) is 10.9 Å². The topological polar surface area (TPSA) is 128 Å². The molecule has 2 aromatic rings. The first-order valence-corrected chi connectivity index (χ1v) is 8.49. The number of carbonyl (C=O) groups excluding carboxylic acids is 3. The zero-order chi connectivity index (χ0) is 20.1. The summed E-state index contributed by atoms with van der Waals surface area (Å²) in [5, 5.41) is 10.6. The molecule has 9 heteroatoms. The molecule has 0 atom stereocenters. The first kappa shape index (κ1) is 19.0. The Labute approximate surface area is 159 Å². The largest absolute Gasteiger partial charge is 0.455 e. The van der Waals surface area contributed by atoms with Gasteiger partial charge in [0.25, 0.3) is 17.5 Å². The lowest BCUT2D eigenvalue weighted by Crippen LogP contribution is -2.44. The van der Waals surface area contributed by atoms with Gasteiger partial charge in [-0.1, -0.05) is 30.3 Å². The number of nitro groups is 1. The van der Waals surface area contributed by atoms with Crippen LogP contribution in [0.3, 0.4) is 0 Å². The first-order chi connectivity index (χ1) is 13.4. The molecule has 144 valence electrons. The molecule has 0 bridgehead atoms. The minimum atomic E-state index is -0.701. The monoisotopic (exact) mass is 383 g/mol. The second-order valence-electron chi connectivity index (χ2n) is 6.33. The van der Waals surface area contributed by atoms with E-state index in [0.717, 1.165) is 5.56 Å². The number of benzene rings is 2. The lowest BCUT2D eigenvalue weighted by molar-refractivity contribution is -0.384. The fourth-order valence-corrected chi connectivity index (χ4v) is 2.73. The molecule has 2 amide bonds. The van der Waals surface area contributed by atoms with E-state index in [1.165, 1.54) is 24.3 Å². The first-order valence-electron chi connectivity index (χ1n) is 8.49. The van der Waals surface area contributed by atoms with Gasteiger partial charge in [0.1, 0.15) is 0 Å². The van der Waals surface area contributed by atoms with Crippen LogP contribution in [-0.2, 0) is 19.7 Å². The number of non-ortho nitro benzene ring substituents is 1. The highest BCUT2D eigenvalue weighted by Gasteiger charge is 2.52. The average molecular weight is 383 g/mol. The standard InChI is InChI=1S/C19H17N3O6/c23-16(20-21-17(24)13-6-8-15(9-7-13)22(26)27)12-28-18(25)19(10-11-19)14-4-2-1-3-5-14/h1-9H,10-12H2,(H,20,23)(H,21,24). The number of hydrogen-bond donors (Lipinski definition) is 2. The molecule has 2 aromatic carbocycles. The smallest absolute Gasteiger partial charge is 0.317 e. The van der Waals surface area contributed by atoms with E-state index in [0.29, 0.717) is 12.8 Å². The zero-order valence-electron chi connectivity index (χ0n) is 14.7. The van der Waals surface area contributed by atoms with Crippen molar-refractivity contribution in [3.63, 3.8) is 0 Å². The van der Waals surface area contributed by atoms with E-state index in [9.17, 15) is 24.5 Å². The molecule has 0 aliphatic heterocycles. The molecule has 28 heavy (non-hydrogen) atoms. The van der Waals surface area contributed by atoms with Gasteiger partial charge in [-0.3, -0.25) is 35.3 Å². The summed E-state index contributed by atoms with van der Waals surface area (Å²) in [6, 6.07) is 14.1. The minimum Gasteiger partial charge on any atom is -0.455 e. The Kier molecular flexibility index (Phi) is 5.35. The van der Waals surface area contributed by atoms with E-state index in [1.54, 1.807) is 0 Å². The molecule has 3 rings (SSSR count). The van der Waals surface area contributed by atoms with Crippen molar-refractivity contribution in [2.45, 2.75) is 18.3 Å². The Balaban J connectivity index is 1.46. The predicted octanol–water partition coefficient (Wildman–Crippen LogP) is 1.63. The molecule has 0 spiro atoms. The van der Waals surface area contributed by atoms with E-state index < -0.39 is 34.7 Å². The van der Waals surface area contributed by atoms with Gasteiger partial charge in [-0.15, -0.1) is 0 Å². The highest BCUT2D eigenvalue weighted by atomic mass is 16.6. The summed E-state index contributed by atoms with van der Waals surface area (Å²) in [6.45, 7) is -0.534. The molecule has 9 nitrogen and oxygen atoms in total. The Morgan fingerprint density at radius 1 is 1.00 bits per heavy atom. The van der Waals surface area contributed by atoms with Gasteiger partial charge in [-0.25, -0.2) is 0 Å². The maximum absolute atomic E-state index is 12.3. The number of esters is 1. The number of rotatable bonds is 6. The summed E-state index contributed by atoms with van der Waals surface area (Å²) in [5.41, 5.74) is 4.43. The van der Waals surface area contributed by atoms with Crippen LogP contribution in [-0.4, -0.2) is 29.3 Å². The summed E-state index contributed by atoms with van der Waals surface area (Å²) in [4.78, 5) is 46.1. The minimum absolute atomic E-state index is 0.129. The van der Waals surface area contributed by atoms with Crippen LogP contribution in [0.15, 0.2) is 54.6 Å². The van der Waals surface area contributed by atoms with Gasteiger partial charge in [0, 0.05) is 17.7 Å². The van der Waals surface area contributed by atoms with Gasteiger partial charge in [-0.05, 0) is 30.5 Å². The maximum Gasteiger partial charge on any atom is 0.317 e. The van der Waals surface area contributed by atoms with E-state index in [1.807, 2.05) is 30.3 Å². The molecule has 1 fully saturated rings. The summed E-state index contributed by atoms with van der Waals surface area (Å²) in [5.74, 6) is -1.83. The van der Waals surface area contributed by atoms with E-state index in [-0.39, 0.29) is 11.3 Å². The Bertz CT molecular complexity index is 907. The number of amides is 2. The van der Waals surface area contributed by atoms with Gasteiger partial charge in [0.05, 0.1) is 10.3 Å². The Hall–Kier alpha value is -3.75. The quantitative estimate of drug-likeness (QED) is 0.443. The molecule has 2 N–H and O–H groups in total. The maximum atomic E-state index is 12.3. The summed E-state index contributed by atoms with van der Waals surface area (Å²) in [6.07, 6.45) is 1.32. The van der Waals surface area contributed by atoms with Crippen molar-refractivity contribution >= 4 is 23.5 Å². The van der Waals surface area contributed by atoms with Crippen LogP contribution in [0.4, 0.5) is 5.69 Å². The molecule has 0 saturated heterocycles. The number of carbonyl (C=O) groups is 3. The van der Waals surface area contributed by atoms with Gasteiger partial charge < -0.3 is 4.74 Å². The van der Waals surface area contributed by atoms with Gasteiger partial charge >= 0.3 is 5.97 Å². The number of hydrazine groups is 1. The van der Waals surface area contributed by atoms with Gasteiger partial charge in [-0.2, -0.15) is 0 Å². The highest BCUT2D eigenvalue weighted by molar-refractivity contribution is 5.96. The molecule has 1 aliphatic rings. The van der Waals surface area contributed by atoms with Crippen LogP contribution < -0.4 is 10.9 Å². The Morgan fingerprint density at radius 2 is 1.64 bits per heavy atom. The van der Waals surface area contributed by atoms with Crippen LogP contribution in [0.2, 0.25) is 0 Å². The highest BCUT2D eigenvalue weighted by Crippen LogP contribution is 2.49. The lowest BCUT2D eigenvalue weighted by Gasteiger charge is -2.14. The number of hydrogen-bond acceptors (Lipinski definition) is 6. The molecule has 1 saturated carbocycles. The molecule has 1 aliphatic carbocycles. The van der Waals surface area contributed by atoms with E-state index >= 15 is 0 Å². The molecular weight excluding hydrogens is 366 g/mol. The van der Waals surface area contributed by atoms with Crippen LogP contribution >= 0.6 is 0 Å². The molecule has 0 radical (unpaired) electrons. The summed E-state index contributed by atoms with van der Waals surface area (Å²) >= 11 is 0. The van der Waals surface area contributed by atoms with Crippen molar-refractivity contribution in [1.82, 2.24) is 10.9 Å². The third kappa shape index (κ3) is 4.14. The summed E-state index contributed by atoms with van der Waals surface area (Å²) in [7, 11) is 0. The Morgan fingerprint density at radius 3 is 2.21 bits per heavy atom. The number of ether oxygens (including phenoxy) is 1. The third-order valence-electron chi connectivity index (χ3n) is 4.46. The van der Waals surface area contributed by atoms with Crippen molar-refractivity contribution in [3.8, 4) is 0 Å². The van der Waals surface area contributed by atoms with Crippen LogP contribution in [0.25, 0.3) is 0 Å². The normalized spacial score (nSPS) is 13.9. The zero-order valence-corrected chi connectivity index (χ0v) is 14.7. The fourth-order valence-electron chi connectivity index (χ4n) is 2.73. The lowest BCUT2D eigenvalue weighted by atomic mass is 9.96. The third-order valence-corrected chi connectivity index (χ3v) is 4.46. The number of nitro benzene ring substituents is 1. The number of nitrogens with one attached hydrogen (secondary N) is 2. The summed E-state index contributed by atoms with van der Waals surface area (Å²) < 4.78 is 5.09.